The van der Waals surface area contributed by atoms with Crippen LogP contribution in [0.3, 0.4) is 0 Å². The first-order valence-electron chi connectivity index (χ1n) is 10.6. The van der Waals surface area contributed by atoms with Crippen molar-refractivity contribution in [2.24, 2.45) is 0 Å². The lowest BCUT2D eigenvalue weighted by Crippen LogP contribution is -2.66. The molecule has 0 bridgehead atoms. The Balaban J connectivity index is 1.76. The van der Waals surface area contributed by atoms with E-state index in [0.717, 1.165) is 0 Å². The van der Waals surface area contributed by atoms with E-state index in [0.29, 0.717) is 0 Å². The summed E-state index contributed by atoms with van der Waals surface area (Å²) >= 11 is 0. The molecule has 0 amide bonds. The lowest BCUT2D eigenvalue weighted by Gasteiger charge is -2.47. The first-order chi connectivity index (χ1) is 16.0. The number of ether oxygens (including phenoxy) is 5. The molecule has 3 aliphatic heterocycles. The molecule has 0 spiro atoms. The summed E-state index contributed by atoms with van der Waals surface area (Å²) in [6.07, 6.45) is -25.4. The fourth-order valence-corrected chi connectivity index (χ4v) is 4.04. The lowest BCUT2D eigenvalue weighted by molar-refractivity contribution is -0.382. The van der Waals surface area contributed by atoms with Crippen molar-refractivity contribution in [2.75, 3.05) is 19.8 Å². The van der Waals surface area contributed by atoms with E-state index in [2.05, 4.69) is 0 Å². The van der Waals surface area contributed by atoms with Crippen molar-refractivity contribution in [2.45, 2.75) is 92.1 Å². The van der Waals surface area contributed by atoms with Crippen LogP contribution in [0.4, 0.5) is 0 Å². The largest absolute Gasteiger partial charge is 0.394 e. The van der Waals surface area contributed by atoms with Crippen LogP contribution in [0.2, 0.25) is 0 Å². The summed E-state index contributed by atoms with van der Waals surface area (Å²) in [5.41, 5.74) is 0. The molecule has 0 aromatic rings. The van der Waals surface area contributed by atoms with Crippen LogP contribution >= 0.6 is 0 Å². The van der Waals surface area contributed by atoms with Crippen molar-refractivity contribution < 1.29 is 79.9 Å². The van der Waals surface area contributed by atoms with Gasteiger partial charge in [0.2, 0.25) is 0 Å². The number of aliphatic hydroxyl groups is 11. The molecular weight excluding hydrogens is 472 g/mol. The van der Waals surface area contributed by atoms with Gasteiger partial charge >= 0.3 is 0 Å². The molecule has 0 radical (unpaired) electrons. The number of rotatable bonds is 7. The van der Waals surface area contributed by atoms with Gasteiger partial charge in [-0.3, -0.25) is 0 Å². The molecule has 3 saturated heterocycles. The highest BCUT2D eigenvalue weighted by atomic mass is 16.8. The molecule has 0 aromatic heterocycles. The van der Waals surface area contributed by atoms with E-state index in [1.807, 2.05) is 0 Å². The Morgan fingerprint density at radius 2 is 0.853 bits per heavy atom. The van der Waals surface area contributed by atoms with Gasteiger partial charge in [-0.25, -0.2) is 0 Å². The van der Waals surface area contributed by atoms with Gasteiger partial charge in [0.05, 0.1) is 19.8 Å². The van der Waals surface area contributed by atoms with E-state index >= 15 is 0 Å². The minimum Gasteiger partial charge on any atom is -0.394 e. The highest BCUT2D eigenvalue weighted by Gasteiger charge is 2.53. The summed E-state index contributed by atoms with van der Waals surface area (Å²) in [5, 5.41) is 109. The van der Waals surface area contributed by atoms with E-state index in [-0.39, 0.29) is 0 Å². The Morgan fingerprint density at radius 1 is 0.441 bits per heavy atom. The van der Waals surface area contributed by atoms with Gasteiger partial charge in [-0.05, 0) is 0 Å². The van der Waals surface area contributed by atoms with Crippen molar-refractivity contribution in [3.8, 4) is 0 Å². The average molecular weight is 504 g/mol. The Labute approximate surface area is 192 Å². The fraction of sp³-hybridized carbons (Fsp3) is 1.00. The van der Waals surface area contributed by atoms with Gasteiger partial charge in [0.15, 0.2) is 18.9 Å². The molecule has 3 heterocycles. The number of hydrogen-bond acceptors (Lipinski definition) is 16. The van der Waals surface area contributed by atoms with Crippen LogP contribution in [0.25, 0.3) is 0 Å². The topological polar surface area (TPSA) is 269 Å². The number of aliphatic hydroxyl groups excluding tert-OH is 11. The zero-order chi connectivity index (χ0) is 25.3. The molecule has 3 fully saturated rings. The molecule has 200 valence electrons. The van der Waals surface area contributed by atoms with E-state index in [4.69, 9.17) is 23.7 Å². The van der Waals surface area contributed by atoms with Crippen LogP contribution in [-0.2, 0) is 23.7 Å². The lowest BCUT2D eigenvalue weighted by atomic mass is 9.96. The molecule has 11 N–H and O–H groups in total. The van der Waals surface area contributed by atoms with Gasteiger partial charge < -0.3 is 79.9 Å². The van der Waals surface area contributed by atoms with E-state index in [1.54, 1.807) is 0 Å². The summed E-state index contributed by atoms with van der Waals surface area (Å²) in [6.45, 7) is -2.31. The molecular formula is C18H32O16. The van der Waals surface area contributed by atoms with E-state index in [1.165, 1.54) is 0 Å². The first kappa shape index (κ1) is 27.9. The molecule has 0 aromatic carbocycles. The third-order valence-corrected chi connectivity index (χ3v) is 6.09. The quantitative estimate of drug-likeness (QED) is 0.154. The predicted octanol–water partition coefficient (Wildman–Crippen LogP) is -7.57. The van der Waals surface area contributed by atoms with Crippen LogP contribution in [0.1, 0.15) is 0 Å². The van der Waals surface area contributed by atoms with Crippen molar-refractivity contribution in [3.63, 3.8) is 0 Å². The Morgan fingerprint density at radius 3 is 1.26 bits per heavy atom. The van der Waals surface area contributed by atoms with Crippen LogP contribution in [0.5, 0.6) is 0 Å². The van der Waals surface area contributed by atoms with Crippen LogP contribution < -0.4 is 0 Å². The summed E-state index contributed by atoms with van der Waals surface area (Å²) in [6, 6.07) is 0. The molecule has 16 heteroatoms. The Kier molecular flexibility index (Phi) is 9.54. The van der Waals surface area contributed by atoms with E-state index < -0.39 is 112 Å². The third kappa shape index (κ3) is 5.37. The van der Waals surface area contributed by atoms with Crippen molar-refractivity contribution in [1.29, 1.82) is 0 Å². The molecule has 16 nitrogen and oxygen atoms in total. The van der Waals surface area contributed by atoms with Crippen molar-refractivity contribution in [3.05, 3.63) is 0 Å². The molecule has 0 aliphatic carbocycles. The normalized spacial score (nSPS) is 52.5. The molecule has 1 unspecified atom stereocenters. The van der Waals surface area contributed by atoms with Gasteiger partial charge in [-0.15, -0.1) is 0 Å². The standard InChI is InChI=1S/C18H32O16/c19-1-4-7(22)9(24)11(26)17(31-4)33-14-6(3-21)30-16(29)15(13(14)28)34-18-12(27)10(25)8(23)5(2-20)32-18/h4-29H,1-3H2/t4-,5-,6-,7-,8-,9+,10+,11-,12-,13+,14+,15-,16?,17+,18-/m1/s1. The molecule has 15 atom stereocenters. The summed E-state index contributed by atoms with van der Waals surface area (Å²) in [4.78, 5) is 0. The zero-order valence-electron chi connectivity index (χ0n) is 17.7. The number of hydrogen-bond donors (Lipinski definition) is 11. The van der Waals surface area contributed by atoms with Gasteiger partial charge in [0.1, 0.15) is 73.2 Å². The van der Waals surface area contributed by atoms with Gasteiger partial charge in [-0.2, -0.15) is 0 Å². The zero-order valence-corrected chi connectivity index (χ0v) is 17.7. The maximum absolute atomic E-state index is 10.8. The molecule has 0 saturated carbocycles. The van der Waals surface area contributed by atoms with Crippen molar-refractivity contribution in [1.82, 2.24) is 0 Å². The minimum absolute atomic E-state index is 0.750. The Bertz CT molecular complexity index is 637. The van der Waals surface area contributed by atoms with Gasteiger partial charge in [0, 0.05) is 0 Å². The smallest absolute Gasteiger partial charge is 0.187 e. The van der Waals surface area contributed by atoms with Crippen LogP contribution in [0.15, 0.2) is 0 Å². The Hall–Kier alpha value is -0.640. The first-order valence-corrected chi connectivity index (χ1v) is 10.6. The monoisotopic (exact) mass is 504 g/mol. The van der Waals surface area contributed by atoms with Gasteiger partial charge in [-0.1, -0.05) is 0 Å². The summed E-state index contributed by atoms with van der Waals surface area (Å²) in [5.74, 6) is 0. The second-order valence-electron chi connectivity index (χ2n) is 8.33. The summed E-state index contributed by atoms with van der Waals surface area (Å²) < 4.78 is 26.4. The minimum atomic E-state index is -1.92. The maximum atomic E-state index is 10.8. The highest BCUT2D eigenvalue weighted by molar-refractivity contribution is 4.96. The second-order valence-corrected chi connectivity index (χ2v) is 8.33. The van der Waals surface area contributed by atoms with E-state index in [9.17, 15) is 56.2 Å². The average Bonchev–Trinajstić information content (AvgIpc) is 2.82. The van der Waals surface area contributed by atoms with Crippen molar-refractivity contribution >= 4 is 0 Å². The molecule has 34 heavy (non-hydrogen) atoms. The fourth-order valence-electron chi connectivity index (χ4n) is 4.04. The highest BCUT2D eigenvalue weighted by Crippen LogP contribution is 2.32. The predicted molar refractivity (Wildman–Crippen MR) is 101 cm³/mol. The maximum Gasteiger partial charge on any atom is 0.187 e. The third-order valence-electron chi connectivity index (χ3n) is 6.09. The second kappa shape index (κ2) is 11.6. The summed E-state index contributed by atoms with van der Waals surface area (Å²) in [7, 11) is 0. The van der Waals surface area contributed by atoms with Crippen LogP contribution in [-0.4, -0.2) is 168 Å². The van der Waals surface area contributed by atoms with Crippen LogP contribution in [0, 0.1) is 0 Å². The molecule has 3 aliphatic rings. The van der Waals surface area contributed by atoms with Gasteiger partial charge in [0.25, 0.3) is 0 Å². The molecule has 3 rings (SSSR count). The SMILES string of the molecule is OC[C@H]1O[C@@H](O[C@@H]2[C@H](O)[C@@H](O[C@H]3O[C@H](CO)[C@@H](O)[C@H](O)[C@H]3O)C(O)O[C@@H]2CO)[C@H](O)[C@@H](O)[C@@H]1O.